The Hall–Kier alpha value is -1.06. The van der Waals surface area contributed by atoms with E-state index in [4.69, 9.17) is 11.5 Å². The fraction of sp³-hybridized carbons (Fsp3) is 0.750. The Bertz CT molecular complexity index is 196. The largest absolute Gasteiger partial charge is 0.387 e. The fourth-order valence-electron chi connectivity index (χ4n) is 0.489. The van der Waals surface area contributed by atoms with E-state index in [1.165, 1.54) is 0 Å². The number of carbonyl (C=O) groups excluding carboxylic acids is 1. The van der Waals surface area contributed by atoms with E-state index in [0.29, 0.717) is 18.8 Å². The number of rotatable bonds is 4. The molecule has 0 fully saturated rings. The number of hydrogen-bond donors (Lipinski definition) is 2. The molecule has 4 N–H and O–H groups in total. The normalized spacial score (nSPS) is 13.1. The molecule has 0 aliphatic carbocycles. The molecule has 0 aromatic carbocycles. The Kier molecular flexibility index (Phi) is 3.73. The Morgan fingerprint density at radius 2 is 1.92 bits per heavy atom. The number of hydrogen-bond acceptors (Lipinski definition) is 2. The highest BCUT2D eigenvalue weighted by molar-refractivity contribution is 5.82. The molecule has 12 heavy (non-hydrogen) atoms. The topological polar surface area (TPSA) is 81.5 Å². The number of amides is 1. The Morgan fingerprint density at radius 1 is 1.42 bits per heavy atom. The third kappa shape index (κ3) is 3.37. The van der Waals surface area contributed by atoms with E-state index in [-0.39, 0.29) is 5.91 Å². The van der Waals surface area contributed by atoms with Gasteiger partial charge in [0.05, 0.1) is 17.8 Å². The summed E-state index contributed by atoms with van der Waals surface area (Å²) in [7, 11) is 0. The van der Waals surface area contributed by atoms with Crippen molar-refractivity contribution in [1.29, 1.82) is 0 Å². The molecular weight excluding hydrogens is 154 g/mol. The summed E-state index contributed by atoms with van der Waals surface area (Å²) in [5.74, 6) is 0.208. The predicted octanol–water partition coefficient (Wildman–Crippen LogP) is 0.265. The molecule has 0 rings (SSSR count). The summed E-state index contributed by atoms with van der Waals surface area (Å²) in [6.45, 7) is 5.78. The van der Waals surface area contributed by atoms with Gasteiger partial charge < -0.3 is 11.5 Å². The van der Waals surface area contributed by atoms with Crippen molar-refractivity contribution in [2.75, 3.05) is 6.54 Å². The number of carbonyl (C=O) groups is 1. The number of amidine groups is 1. The monoisotopic (exact) mass is 171 g/mol. The van der Waals surface area contributed by atoms with E-state index in [9.17, 15) is 4.79 Å². The molecular formula is C8H17N3O. The molecule has 0 aliphatic rings. The van der Waals surface area contributed by atoms with E-state index in [2.05, 4.69) is 4.99 Å². The first-order valence-corrected chi connectivity index (χ1v) is 3.99. The smallest absolute Gasteiger partial charge is 0.224 e. The lowest BCUT2D eigenvalue weighted by Crippen LogP contribution is -2.34. The highest BCUT2D eigenvalue weighted by Crippen LogP contribution is 2.13. The average molecular weight is 171 g/mol. The molecule has 0 aromatic heterocycles. The van der Waals surface area contributed by atoms with Gasteiger partial charge in [-0.3, -0.25) is 9.79 Å². The first-order chi connectivity index (χ1) is 5.40. The first-order valence-electron chi connectivity index (χ1n) is 3.99. The third-order valence-electron chi connectivity index (χ3n) is 1.71. The Balaban J connectivity index is 4.17. The summed E-state index contributed by atoms with van der Waals surface area (Å²) in [5.41, 5.74) is 10.0. The van der Waals surface area contributed by atoms with Crippen molar-refractivity contribution in [3.63, 3.8) is 0 Å². The van der Waals surface area contributed by atoms with Gasteiger partial charge in [-0.15, -0.1) is 0 Å². The molecule has 0 unspecified atom stereocenters. The van der Waals surface area contributed by atoms with Crippen LogP contribution in [0.15, 0.2) is 4.99 Å². The van der Waals surface area contributed by atoms with Crippen molar-refractivity contribution in [3.8, 4) is 0 Å². The maximum atomic E-state index is 10.8. The number of aliphatic imine (C=N–C) groups is 1. The fourth-order valence-corrected chi connectivity index (χ4v) is 0.489. The molecule has 0 saturated carbocycles. The van der Waals surface area contributed by atoms with Gasteiger partial charge in [-0.2, -0.15) is 0 Å². The zero-order valence-electron chi connectivity index (χ0n) is 7.92. The molecule has 0 atom stereocenters. The van der Waals surface area contributed by atoms with Crippen LogP contribution in [0.25, 0.3) is 0 Å². The Morgan fingerprint density at radius 3 is 2.25 bits per heavy atom. The van der Waals surface area contributed by atoms with Crippen LogP contribution in [-0.4, -0.2) is 18.3 Å². The molecule has 1 amide bonds. The van der Waals surface area contributed by atoms with Gasteiger partial charge in [-0.05, 0) is 13.8 Å². The van der Waals surface area contributed by atoms with E-state index in [0.717, 1.165) is 0 Å². The van der Waals surface area contributed by atoms with E-state index < -0.39 is 5.41 Å². The van der Waals surface area contributed by atoms with Crippen LogP contribution in [0, 0.1) is 5.41 Å². The van der Waals surface area contributed by atoms with E-state index in [1.807, 2.05) is 6.92 Å². The molecule has 0 saturated heterocycles. The zero-order valence-corrected chi connectivity index (χ0v) is 7.92. The van der Waals surface area contributed by atoms with Crippen LogP contribution in [-0.2, 0) is 4.79 Å². The molecule has 70 valence electrons. The summed E-state index contributed by atoms with van der Waals surface area (Å²) in [6.07, 6.45) is 0.703. The van der Waals surface area contributed by atoms with Crippen LogP contribution in [0.4, 0.5) is 0 Å². The summed E-state index contributed by atoms with van der Waals surface area (Å²) in [6, 6.07) is 0. The van der Waals surface area contributed by atoms with Crippen LogP contribution in [0.5, 0.6) is 0 Å². The van der Waals surface area contributed by atoms with Gasteiger partial charge in [-0.25, -0.2) is 0 Å². The standard InChI is InChI=1S/C8H17N3O/c1-4-6(9)11-5-8(2,3)7(10)12/h4-5H2,1-3H3,(H2,9,11)(H2,10,12). The molecule has 0 heterocycles. The van der Waals surface area contributed by atoms with Crippen molar-refractivity contribution in [2.24, 2.45) is 21.9 Å². The molecule has 0 bridgehead atoms. The molecule has 0 aromatic rings. The molecule has 4 nitrogen and oxygen atoms in total. The van der Waals surface area contributed by atoms with Gasteiger partial charge in [0.1, 0.15) is 0 Å². The van der Waals surface area contributed by atoms with Gasteiger partial charge in [0, 0.05) is 6.42 Å². The van der Waals surface area contributed by atoms with Crippen LogP contribution in [0.1, 0.15) is 27.2 Å². The van der Waals surface area contributed by atoms with Crippen molar-refractivity contribution >= 4 is 11.7 Å². The number of primary amides is 1. The number of nitrogens with zero attached hydrogens (tertiary/aromatic N) is 1. The van der Waals surface area contributed by atoms with Crippen LogP contribution < -0.4 is 11.5 Å². The van der Waals surface area contributed by atoms with Crippen LogP contribution in [0.2, 0.25) is 0 Å². The highest BCUT2D eigenvalue weighted by Gasteiger charge is 2.24. The Labute approximate surface area is 73.0 Å². The number of nitrogens with two attached hydrogens (primary N) is 2. The third-order valence-corrected chi connectivity index (χ3v) is 1.71. The average Bonchev–Trinajstić information content (AvgIpc) is 2.00. The maximum Gasteiger partial charge on any atom is 0.224 e. The van der Waals surface area contributed by atoms with Crippen molar-refractivity contribution in [1.82, 2.24) is 0 Å². The summed E-state index contributed by atoms with van der Waals surface area (Å²) >= 11 is 0. The molecule has 0 spiro atoms. The second-order valence-corrected chi connectivity index (χ2v) is 3.41. The summed E-state index contributed by atoms with van der Waals surface area (Å²) in [4.78, 5) is 14.9. The molecule has 4 heteroatoms. The lowest BCUT2D eigenvalue weighted by atomic mass is 9.93. The highest BCUT2D eigenvalue weighted by atomic mass is 16.1. The second kappa shape index (κ2) is 4.09. The SMILES string of the molecule is CCC(N)=NCC(C)(C)C(N)=O. The molecule has 0 radical (unpaired) electrons. The van der Waals surface area contributed by atoms with Gasteiger partial charge in [0.25, 0.3) is 0 Å². The summed E-state index contributed by atoms with van der Waals surface area (Å²) < 4.78 is 0. The van der Waals surface area contributed by atoms with Gasteiger partial charge in [0.15, 0.2) is 0 Å². The van der Waals surface area contributed by atoms with Crippen molar-refractivity contribution in [3.05, 3.63) is 0 Å². The molecule has 0 aliphatic heterocycles. The van der Waals surface area contributed by atoms with Gasteiger partial charge in [-0.1, -0.05) is 6.92 Å². The van der Waals surface area contributed by atoms with Gasteiger partial charge in [0.2, 0.25) is 5.91 Å². The zero-order chi connectivity index (χ0) is 9.78. The minimum absolute atomic E-state index is 0.352. The minimum atomic E-state index is -0.597. The van der Waals surface area contributed by atoms with Crippen molar-refractivity contribution < 1.29 is 4.79 Å². The van der Waals surface area contributed by atoms with E-state index in [1.54, 1.807) is 13.8 Å². The maximum absolute atomic E-state index is 10.8. The minimum Gasteiger partial charge on any atom is -0.387 e. The predicted molar refractivity (Wildman–Crippen MR) is 49.8 cm³/mol. The lowest BCUT2D eigenvalue weighted by Gasteiger charge is -2.17. The van der Waals surface area contributed by atoms with E-state index >= 15 is 0 Å². The van der Waals surface area contributed by atoms with Crippen molar-refractivity contribution in [2.45, 2.75) is 27.2 Å². The van der Waals surface area contributed by atoms with Crippen LogP contribution >= 0.6 is 0 Å². The summed E-state index contributed by atoms with van der Waals surface area (Å²) in [5, 5.41) is 0. The van der Waals surface area contributed by atoms with Gasteiger partial charge >= 0.3 is 0 Å². The quantitative estimate of drug-likeness (QED) is 0.470. The first kappa shape index (κ1) is 10.9. The lowest BCUT2D eigenvalue weighted by molar-refractivity contribution is -0.125. The second-order valence-electron chi connectivity index (χ2n) is 3.41. The van der Waals surface area contributed by atoms with Crippen LogP contribution in [0.3, 0.4) is 0 Å².